The number of carbonyl (C=O) groups is 1. The second-order valence-electron chi connectivity index (χ2n) is 6.93. The summed E-state index contributed by atoms with van der Waals surface area (Å²) in [6.45, 7) is 0.243. The minimum absolute atomic E-state index is 0.138. The van der Waals surface area contributed by atoms with Crippen molar-refractivity contribution in [1.29, 1.82) is 0 Å². The SMILES string of the molecule is O=C(CN(c1ccc(Cl)cc1)S(=O)(=O)c1ccccc1)NCCSC1CCCC1. The summed E-state index contributed by atoms with van der Waals surface area (Å²) >= 11 is 7.83. The van der Waals surface area contributed by atoms with Crippen molar-refractivity contribution in [3.8, 4) is 0 Å². The van der Waals surface area contributed by atoms with Crippen LogP contribution in [0.5, 0.6) is 0 Å². The average molecular weight is 453 g/mol. The van der Waals surface area contributed by atoms with Gasteiger partial charge in [0.05, 0.1) is 10.6 Å². The van der Waals surface area contributed by atoms with Crippen LogP contribution in [0.1, 0.15) is 25.7 Å². The standard InChI is InChI=1S/C21H25ClN2O3S2/c22-17-10-12-18(13-11-17)24(29(26,27)20-8-2-1-3-9-20)16-21(25)23-14-15-28-19-6-4-5-7-19/h1-3,8-13,19H,4-7,14-16H2,(H,23,25). The normalized spacial score (nSPS) is 14.7. The van der Waals surface area contributed by atoms with Gasteiger partial charge in [-0.3, -0.25) is 9.10 Å². The van der Waals surface area contributed by atoms with E-state index in [1.807, 2.05) is 11.8 Å². The van der Waals surface area contributed by atoms with E-state index in [-0.39, 0.29) is 17.3 Å². The Morgan fingerprint density at radius 2 is 1.72 bits per heavy atom. The molecular weight excluding hydrogens is 428 g/mol. The lowest BCUT2D eigenvalue weighted by Gasteiger charge is -2.24. The summed E-state index contributed by atoms with van der Waals surface area (Å²) < 4.78 is 27.5. The van der Waals surface area contributed by atoms with E-state index in [1.165, 1.54) is 37.8 Å². The number of amides is 1. The van der Waals surface area contributed by atoms with Crippen molar-refractivity contribution in [2.45, 2.75) is 35.8 Å². The van der Waals surface area contributed by atoms with Gasteiger partial charge in [0.2, 0.25) is 5.91 Å². The molecule has 0 heterocycles. The van der Waals surface area contributed by atoms with Gasteiger partial charge in [0.1, 0.15) is 6.54 Å². The molecule has 2 aromatic rings. The summed E-state index contributed by atoms with van der Waals surface area (Å²) in [5.41, 5.74) is 0.397. The fourth-order valence-electron chi connectivity index (χ4n) is 3.30. The van der Waals surface area contributed by atoms with E-state index in [1.54, 1.807) is 42.5 Å². The number of hydrogen-bond acceptors (Lipinski definition) is 4. The minimum Gasteiger partial charge on any atom is -0.354 e. The zero-order valence-corrected chi connectivity index (χ0v) is 18.5. The molecular formula is C21H25ClN2O3S2. The summed E-state index contributed by atoms with van der Waals surface area (Å²) in [5.74, 6) is 0.509. The minimum atomic E-state index is -3.88. The maximum Gasteiger partial charge on any atom is 0.264 e. The van der Waals surface area contributed by atoms with E-state index >= 15 is 0 Å². The molecule has 0 atom stereocenters. The fraction of sp³-hybridized carbons (Fsp3) is 0.381. The number of carbonyl (C=O) groups excluding carboxylic acids is 1. The van der Waals surface area contributed by atoms with Gasteiger partial charge in [0, 0.05) is 22.6 Å². The van der Waals surface area contributed by atoms with Crippen molar-refractivity contribution in [2.75, 3.05) is 23.1 Å². The van der Waals surface area contributed by atoms with Crippen LogP contribution in [-0.4, -0.2) is 38.4 Å². The number of hydrogen-bond donors (Lipinski definition) is 1. The van der Waals surface area contributed by atoms with Crippen LogP contribution < -0.4 is 9.62 Å². The highest BCUT2D eigenvalue weighted by Gasteiger charge is 2.27. The van der Waals surface area contributed by atoms with Crippen LogP contribution >= 0.6 is 23.4 Å². The third-order valence-corrected chi connectivity index (χ3v) is 8.24. The largest absolute Gasteiger partial charge is 0.354 e. The van der Waals surface area contributed by atoms with Crippen molar-refractivity contribution in [2.24, 2.45) is 0 Å². The highest BCUT2D eigenvalue weighted by Crippen LogP contribution is 2.29. The van der Waals surface area contributed by atoms with Gasteiger partial charge in [-0.1, -0.05) is 42.6 Å². The molecule has 0 unspecified atom stereocenters. The summed E-state index contributed by atoms with van der Waals surface area (Å²) in [6.07, 6.45) is 5.07. The molecule has 0 aromatic heterocycles. The highest BCUT2D eigenvalue weighted by molar-refractivity contribution is 7.99. The molecule has 8 heteroatoms. The number of halogens is 1. The predicted octanol–water partition coefficient (Wildman–Crippen LogP) is 4.33. The van der Waals surface area contributed by atoms with Gasteiger partial charge in [-0.15, -0.1) is 0 Å². The average Bonchev–Trinajstić information content (AvgIpc) is 3.24. The topological polar surface area (TPSA) is 66.5 Å². The van der Waals surface area contributed by atoms with Crippen LogP contribution in [0.4, 0.5) is 5.69 Å². The maximum atomic E-state index is 13.2. The molecule has 0 bridgehead atoms. The van der Waals surface area contributed by atoms with Gasteiger partial charge >= 0.3 is 0 Å². The van der Waals surface area contributed by atoms with E-state index in [4.69, 9.17) is 11.6 Å². The number of nitrogens with zero attached hydrogens (tertiary/aromatic N) is 1. The Morgan fingerprint density at radius 1 is 1.07 bits per heavy atom. The van der Waals surface area contributed by atoms with Gasteiger partial charge in [-0.25, -0.2) is 8.42 Å². The second-order valence-corrected chi connectivity index (χ2v) is 10.6. The van der Waals surface area contributed by atoms with E-state index in [0.29, 0.717) is 22.5 Å². The van der Waals surface area contributed by atoms with Crippen LogP contribution in [0.15, 0.2) is 59.5 Å². The Bertz CT molecular complexity index is 899. The predicted molar refractivity (Wildman–Crippen MR) is 120 cm³/mol. The Kier molecular flexibility index (Phi) is 7.86. The number of rotatable bonds is 9. The molecule has 1 aliphatic rings. The van der Waals surface area contributed by atoms with Crippen LogP contribution in [0.3, 0.4) is 0 Å². The van der Waals surface area contributed by atoms with Crippen molar-refractivity contribution in [1.82, 2.24) is 5.32 Å². The van der Waals surface area contributed by atoms with Crippen molar-refractivity contribution in [3.63, 3.8) is 0 Å². The molecule has 1 saturated carbocycles. The zero-order valence-electron chi connectivity index (χ0n) is 16.1. The third-order valence-electron chi connectivity index (χ3n) is 4.81. The van der Waals surface area contributed by atoms with Crippen LogP contribution in [0.2, 0.25) is 5.02 Å². The maximum absolute atomic E-state index is 13.2. The molecule has 1 fully saturated rings. The van der Waals surface area contributed by atoms with Crippen LogP contribution in [-0.2, 0) is 14.8 Å². The van der Waals surface area contributed by atoms with Crippen molar-refractivity contribution >= 4 is 45.0 Å². The smallest absolute Gasteiger partial charge is 0.264 e. The second kappa shape index (κ2) is 10.4. The number of benzene rings is 2. The van der Waals surface area contributed by atoms with Gasteiger partial charge in [-0.2, -0.15) is 11.8 Å². The van der Waals surface area contributed by atoms with Crippen LogP contribution in [0, 0.1) is 0 Å². The molecule has 0 aliphatic heterocycles. The summed E-state index contributed by atoms with van der Waals surface area (Å²) in [7, 11) is -3.88. The van der Waals surface area contributed by atoms with Crippen molar-refractivity contribution < 1.29 is 13.2 Å². The molecule has 2 aromatic carbocycles. The number of anilines is 1. The molecule has 1 N–H and O–H groups in total. The van der Waals surface area contributed by atoms with Gasteiger partial charge < -0.3 is 5.32 Å². The first kappa shape index (κ1) is 22.0. The Hall–Kier alpha value is -1.70. The molecule has 1 amide bonds. The molecule has 29 heavy (non-hydrogen) atoms. The molecule has 156 valence electrons. The Balaban J connectivity index is 1.68. The molecule has 1 aliphatic carbocycles. The molecule has 0 spiro atoms. The van der Waals surface area contributed by atoms with E-state index in [0.717, 1.165) is 10.1 Å². The monoisotopic (exact) mass is 452 g/mol. The van der Waals surface area contributed by atoms with Gasteiger partial charge in [0.25, 0.3) is 10.0 Å². The highest BCUT2D eigenvalue weighted by atomic mass is 35.5. The van der Waals surface area contributed by atoms with E-state index < -0.39 is 10.0 Å². The quantitative estimate of drug-likeness (QED) is 0.575. The van der Waals surface area contributed by atoms with Gasteiger partial charge in [-0.05, 0) is 49.2 Å². The molecule has 0 radical (unpaired) electrons. The molecule has 0 saturated heterocycles. The first-order valence-corrected chi connectivity index (χ1v) is 12.5. The Labute approximate surface area is 181 Å². The molecule has 5 nitrogen and oxygen atoms in total. The number of nitrogens with one attached hydrogen (secondary N) is 1. The summed E-state index contributed by atoms with van der Waals surface area (Å²) in [6, 6.07) is 14.5. The number of sulfonamides is 1. The number of thioether (sulfide) groups is 1. The summed E-state index contributed by atoms with van der Waals surface area (Å²) in [5, 5.41) is 4.04. The summed E-state index contributed by atoms with van der Waals surface area (Å²) in [4.78, 5) is 12.7. The zero-order chi connectivity index (χ0) is 20.7. The first-order valence-electron chi connectivity index (χ1n) is 9.68. The Morgan fingerprint density at radius 3 is 2.38 bits per heavy atom. The molecule has 3 rings (SSSR count). The lowest BCUT2D eigenvalue weighted by molar-refractivity contribution is -0.119. The fourth-order valence-corrected chi connectivity index (χ4v) is 6.09. The van der Waals surface area contributed by atoms with E-state index in [9.17, 15) is 13.2 Å². The van der Waals surface area contributed by atoms with Crippen LogP contribution in [0.25, 0.3) is 0 Å². The third kappa shape index (κ3) is 6.14. The lowest BCUT2D eigenvalue weighted by atomic mass is 10.3. The lowest BCUT2D eigenvalue weighted by Crippen LogP contribution is -2.41. The van der Waals surface area contributed by atoms with Gasteiger partial charge in [0.15, 0.2) is 0 Å². The van der Waals surface area contributed by atoms with E-state index in [2.05, 4.69) is 5.32 Å². The first-order chi connectivity index (χ1) is 14.0. The van der Waals surface area contributed by atoms with Crippen molar-refractivity contribution in [3.05, 3.63) is 59.6 Å².